The molecule has 2 aromatic carbocycles. The number of anilines is 1. The van der Waals surface area contributed by atoms with Crippen LogP contribution in [0.15, 0.2) is 42.5 Å². The first kappa shape index (κ1) is 15.9. The van der Waals surface area contributed by atoms with E-state index in [2.05, 4.69) is 5.32 Å². The molecule has 1 aromatic heterocycles. The van der Waals surface area contributed by atoms with Crippen molar-refractivity contribution in [2.24, 2.45) is 0 Å². The minimum Gasteiger partial charge on any atom is -0.337 e. The lowest BCUT2D eigenvalue weighted by Gasteiger charge is -2.10. The fourth-order valence-corrected chi connectivity index (χ4v) is 3.14. The molecule has 1 amide bonds. The van der Waals surface area contributed by atoms with Gasteiger partial charge in [-0.3, -0.25) is 4.79 Å². The van der Waals surface area contributed by atoms with Gasteiger partial charge < -0.3 is 9.88 Å². The van der Waals surface area contributed by atoms with Gasteiger partial charge in [-0.1, -0.05) is 23.2 Å². The number of carbonyl (C=O) groups excluding carboxylic acids is 1. The Morgan fingerprint density at radius 3 is 2.39 bits per heavy atom. The van der Waals surface area contributed by atoms with Crippen molar-refractivity contribution in [3.05, 3.63) is 63.8 Å². The fraction of sp³-hybridized carbons (Fsp3) is 0.167. The summed E-state index contributed by atoms with van der Waals surface area (Å²) < 4.78 is 2.01. The minimum atomic E-state index is -0.140. The van der Waals surface area contributed by atoms with E-state index in [9.17, 15) is 4.79 Å². The molecule has 3 nitrogen and oxygen atoms in total. The van der Waals surface area contributed by atoms with Crippen LogP contribution in [0.2, 0.25) is 10.0 Å². The molecule has 0 spiro atoms. The number of carbonyl (C=O) groups is 1. The van der Waals surface area contributed by atoms with Crippen LogP contribution in [0, 0.1) is 6.92 Å². The van der Waals surface area contributed by atoms with Gasteiger partial charge in [0.15, 0.2) is 0 Å². The number of nitrogens with one attached hydrogen (secondary N) is 1. The summed E-state index contributed by atoms with van der Waals surface area (Å²) in [5.74, 6) is -0.140. The average molecular weight is 347 g/mol. The second-order valence-corrected chi connectivity index (χ2v) is 6.21. The summed E-state index contributed by atoms with van der Waals surface area (Å²) >= 11 is 12.0. The van der Waals surface area contributed by atoms with E-state index in [0.717, 1.165) is 16.5 Å². The Hall–Kier alpha value is -1.97. The van der Waals surface area contributed by atoms with Crippen LogP contribution in [0.25, 0.3) is 10.9 Å². The van der Waals surface area contributed by atoms with Crippen LogP contribution in [-0.4, -0.2) is 10.5 Å². The van der Waals surface area contributed by atoms with Gasteiger partial charge in [0.1, 0.15) is 5.69 Å². The molecule has 0 radical (unpaired) electrons. The molecule has 3 rings (SSSR count). The Kier molecular flexibility index (Phi) is 4.33. The van der Waals surface area contributed by atoms with Crippen molar-refractivity contribution in [1.82, 2.24) is 4.57 Å². The van der Waals surface area contributed by atoms with Gasteiger partial charge >= 0.3 is 0 Å². The van der Waals surface area contributed by atoms with Gasteiger partial charge in [0.2, 0.25) is 0 Å². The van der Waals surface area contributed by atoms with E-state index < -0.39 is 0 Å². The molecule has 0 saturated heterocycles. The third-order valence-corrected chi connectivity index (χ3v) is 4.40. The third-order valence-electron chi connectivity index (χ3n) is 3.91. The second kappa shape index (κ2) is 6.26. The maximum atomic E-state index is 12.8. The molecule has 23 heavy (non-hydrogen) atoms. The van der Waals surface area contributed by atoms with E-state index in [4.69, 9.17) is 23.2 Å². The fourth-order valence-electron chi connectivity index (χ4n) is 2.84. The Balaban J connectivity index is 2.06. The van der Waals surface area contributed by atoms with Crippen molar-refractivity contribution in [2.75, 3.05) is 5.32 Å². The lowest BCUT2D eigenvalue weighted by atomic mass is 10.1. The van der Waals surface area contributed by atoms with Gasteiger partial charge in [-0.2, -0.15) is 0 Å². The summed E-state index contributed by atoms with van der Waals surface area (Å²) in [6.45, 7) is 4.67. The van der Waals surface area contributed by atoms with Crippen LogP contribution < -0.4 is 5.32 Å². The number of aryl methyl sites for hydroxylation is 2. The number of hydrogen-bond acceptors (Lipinski definition) is 1. The van der Waals surface area contributed by atoms with Gasteiger partial charge in [0.25, 0.3) is 5.91 Å². The predicted octanol–water partition coefficient (Wildman–Crippen LogP) is 5.53. The molecule has 1 heterocycles. The number of rotatable bonds is 3. The number of benzene rings is 2. The molecule has 0 aliphatic carbocycles. The van der Waals surface area contributed by atoms with Gasteiger partial charge in [0.05, 0.1) is 0 Å². The molecule has 0 bridgehead atoms. The molecule has 5 heteroatoms. The quantitative estimate of drug-likeness (QED) is 0.664. The van der Waals surface area contributed by atoms with Crippen molar-refractivity contribution < 1.29 is 4.79 Å². The zero-order valence-electron chi connectivity index (χ0n) is 12.9. The monoisotopic (exact) mass is 346 g/mol. The first-order valence-corrected chi connectivity index (χ1v) is 8.12. The van der Waals surface area contributed by atoms with E-state index in [1.807, 2.05) is 36.6 Å². The third kappa shape index (κ3) is 2.94. The first-order valence-electron chi connectivity index (χ1n) is 7.36. The summed E-state index contributed by atoms with van der Waals surface area (Å²) in [5, 5.41) is 5.23. The van der Waals surface area contributed by atoms with Crippen LogP contribution in [0.1, 0.15) is 23.0 Å². The summed E-state index contributed by atoms with van der Waals surface area (Å²) in [5.41, 5.74) is 3.30. The SMILES string of the molecule is CCn1c(C(=O)Nc2ccc(Cl)cc2)c(C)c2cc(Cl)ccc21. The Morgan fingerprint density at radius 1 is 1.09 bits per heavy atom. The van der Waals surface area contributed by atoms with E-state index in [-0.39, 0.29) is 5.91 Å². The van der Waals surface area contributed by atoms with Crippen molar-refractivity contribution in [2.45, 2.75) is 20.4 Å². The molecule has 0 unspecified atom stereocenters. The molecular weight excluding hydrogens is 331 g/mol. The molecule has 0 saturated carbocycles. The van der Waals surface area contributed by atoms with Crippen LogP contribution in [0.3, 0.4) is 0 Å². The number of hydrogen-bond donors (Lipinski definition) is 1. The average Bonchev–Trinajstić information content (AvgIpc) is 2.81. The van der Waals surface area contributed by atoms with Crippen LogP contribution in [0.5, 0.6) is 0 Å². The highest BCUT2D eigenvalue weighted by Crippen LogP contribution is 2.29. The summed E-state index contributed by atoms with van der Waals surface area (Å²) in [7, 11) is 0. The highest BCUT2D eigenvalue weighted by Gasteiger charge is 2.19. The zero-order valence-corrected chi connectivity index (χ0v) is 14.4. The number of fused-ring (bicyclic) bond motifs is 1. The highest BCUT2D eigenvalue weighted by molar-refractivity contribution is 6.31. The van der Waals surface area contributed by atoms with Crippen LogP contribution in [0.4, 0.5) is 5.69 Å². The van der Waals surface area contributed by atoms with Crippen LogP contribution >= 0.6 is 23.2 Å². The predicted molar refractivity (Wildman–Crippen MR) is 96.8 cm³/mol. The summed E-state index contributed by atoms with van der Waals surface area (Å²) in [6.07, 6.45) is 0. The number of halogens is 2. The smallest absolute Gasteiger partial charge is 0.272 e. The number of amides is 1. The van der Waals surface area contributed by atoms with Gasteiger partial charge in [0, 0.05) is 33.2 Å². The molecule has 3 aromatic rings. The Bertz CT molecular complexity index is 882. The number of nitrogens with zero attached hydrogens (tertiary/aromatic N) is 1. The highest BCUT2D eigenvalue weighted by atomic mass is 35.5. The maximum absolute atomic E-state index is 12.8. The number of aromatic nitrogens is 1. The van der Waals surface area contributed by atoms with Gasteiger partial charge in [-0.15, -0.1) is 0 Å². The van der Waals surface area contributed by atoms with Crippen molar-refractivity contribution in [3.63, 3.8) is 0 Å². The van der Waals surface area contributed by atoms with E-state index >= 15 is 0 Å². The Labute approximate surface area is 144 Å². The molecule has 118 valence electrons. The molecule has 1 N–H and O–H groups in total. The minimum absolute atomic E-state index is 0.140. The lowest BCUT2D eigenvalue weighted by Crippen LogP contribution is -2.17. The molecular formula is C18H16Cl2N2O. The second-order valence-electron chi connectivity index (χ2n) is 5.34. The zero-order chi connectivity index (χ0) is 16.6. The van der Waals surface area contributed by atoms with Gasteiger partial charge in [-0.25, -0.2) is 0 Å². The standard InChI is InChI=1S/C18H16Cl2N2O/c1-3-22-16-9-6-13(20)10-15(16)11(2)17(22)18(23)21-14-7-4-12(19)5-8-14/h4-10H,3H2,1-2H3,(H,21,23). The normalized spacial score (nSPS) is 11.0. The van der Waals surface area contributed by atoms with E-state index in [1.165, 1.54) is 0 Å². The van der Waals surface area contributed by atoms with E-state index in [1.54, 1.807) is 24.3 Å². The largest absolute Gasteiger partial charge is 0.337 e. The van der Waals surface area contributed by atoms with Crippen LogP contribution in [-0.2, 0) is 6.54 Å². The van der Waals surface area contributed by atoms with Gasteiger partial charge in [-0.05, 0) is 61.9 Å². The Morgan fingerprint density at radius 2 is 1.74 bits per heavy atom. The van der Waals surface area contributed by atoms with Crippen molar-refractivity contribution in [1.29, 1.82) is 0 Å². The molecule has 0 aliphatic rings. The van der Waals surface area contributed by atoms with E-state index in [0.29, 0.717) is 28.0 Å². The topological polar surface area (TPSA) is 34.0 Å². The maximum Gasteiger partial charge on any atom is 0.272 e. The summed E-state index contributed by atoms with van der Waals surface area (Å²) in [4.78, 5) is 12.8. The van der Waals surface area contributed by atoms with Crippen molar-refractivity contribution in [3.8, 4) is 0 Å². The lowest BCUT2D eigenvalue weighted by molar-refractivity contribution is 0.101. The molecule has 0 aliphatic heterocycles. The molecule has 0 fully saturated rings. The summed E-state index contributed by atoms with van der Waals surface area (Å²) in [6, 6.07) is 12.8. The first-order chi connectivity index (χ1) is 11.0. The molecule has 0 atom stereocenters. The van der Waals surface area contributed by atoms with Crippen molar-refractivity contribution >= 4 is 45.7 Å².